The second-order valence-corrected chi connectivity index (χ2v) is 2.94. The zero-order valence-electron chi connectivity index (χ0n) is 6.46. The van der Waals surface area contributed by atoms with Crippen molar-refractivity contribution in [3.8, 4) is 0 Å². The van der Waals surface area contributed by atoms with Crippen LogP contribution in [0.2, 0.25) is 0 Å². The van der Waals surface area contributed by atoms with E-state index >= 15 is 0 Å². The van der Waals surface area contributed by atoms with Gasteiger partial charge in [0.05, 0.1) is 17.2 Å². The van der Waals surface area contributed by atoms with Crippen molar-refractivity contribution in [1.29, 1.82) is 0 Å². The van der Waals surface area contributed by atoms with Crippen molar-refractivity contribution in [1.82, 2.24) is 5.48 Å². The lowest BCUT2D eigenvalue weighted by molar-refractivity contribution is 0.0903. The minimum Gasteiger partial charge on any atom is -0.276 e. The molecule has 1 aromatic heterocycles. The third-order valence-corrected chi connectivity index (χ3v) is 2.09. The number of thiophene rings is 1. The minimum atomic E-state index is 0.643. The summed E-state index contributed by atoms with van der Waals surface area (Å²) in [5, 5.41) is 2.01. The molecule has 0 aliphatic carbocycles. The second kappa shape index (κ2) is 4.16. The molecule has 0 aromatic carbocycles. The van der Waals surface area contributed by atoms with E-state index in [-0.39, 0.29) is 0 Å². The minimum absolute atomic E-state index is 0.643. The molecule has 0 radical (unpaired) electrons. The monoisotopic (exact) mass is 169 g/mol. The summed E-state index contributed by atoms with van der Waals surface area (Å²) < 4.78 is 0. The Balaban J connectivity index is 2.43. The Morgan fingerprint density at radius 2 is 2.64 bits per heavy atom. The van der Waals surface area contributed by atoms with Gasteiger partial charge in [-0.05, 0) is 18.4 Å². The van der Waals surface area contributed by atoms with Crippen LogP contribution in [0, 0.1) is 0 Å². The van der Waals surface area contributed by atoms with Crippen molar-refractivity contribution in [2.45, 2.75) is 6.92 Å². The topological polar surface area (TPSA) is 21.3 Å². The summed E-state index contributed by atoms with van der Waals surface area (Å²) in [6.45, 7) is 6.38. The number of hydroxylamine groups is 1. The van der Waals surface area contributed by atoms with E-state index in [1.165, 1.54) is 0 Å². The van der Waals surface area contributed by atoms with Crippen LogP contribution in [-0.2, 0) is 4.84 Å². The standard InChI is InChI=1S/C8H11NOS/c1-3-10-9-7(2)8-5-4-6-11-8/h4-6,9H,2-3H2,1H3. The summed E-state index contributed by atoms with van der Waals surface area (Å²) in [5.41, 5.74) is 3.57. The molecular formula is C8H11NOS. The maximum atomic E-state index is 4.98. The Kier molecular flexibility index (Phi) is 3.14. The molecule has 60 valence electrons. The summed E-state index contributed by atoms with van der Waals surface area (Å²) in [4.78, 5) is 6.09. The smallest absolute Gasteiger partial charge is 0.0717 e. The number of rotatable bonds is 4. The van der Waals surface area contributed by atoms with Crippen molar-refractivity contribution >= 4 is 17.0 Å². The Morgan fingerprint density at radius 3 is 3.18 bits per heavy atom. The number of hydrogen-bond acceptors (Lipinski definition) is 3. The summed E-state index contributed by atoms with van der Waals surface area (Å²) in [6.07, 6.45) is 0. The van der Waals surface area contributed by atoms with Crippen LogP contribution in [0.25, 0.3) is 5.70 Å². The first-order valence-electron chi connectivity index (χ1n) is 3.45. The molecular weight excluding hydrogens is 158 g/mol. The van der Waals surface area contributed by atoms with Gasteiger partial charge in [0, 0.05) is 0 Å². The van der Waals surface area contributed by atoms with Gasteiger partial charge in [0.15, 0.2) is 0 Å². The van der Waals surface area contributed by atoms with Gasteiger partial charge in [-0.25, -0.2) is 0 Å². The Labute approximate surface area is 70.5 Å². The zero-order valence-corrected chi connectivity index (χ0v) is 7.28. The van der Waals surface area contributed by atoms with Gasteiger partial charge in [0.25, 0.3) is 0 Å². The van der Waals surface area contributed by atoms with E-state index in [0.29, 0.717) is 6.61 Å². The number of nitrogens with one attached hydrogen (secondary N) is 1. The van der Waals surface area contributed by atoms with E-state index in [9.17, 15) is 0 Å². The van der Waals surface area contributed by atoms with Crippen molar-refractivity contribution in [2.75, 3.05) is 6.61 Å². The van der Waals surface area contributed by atoms with Crippen LogP contribution in [0.3, 0.4) is 0 Å². The summed E-state index contributed by atoms with van der Waals surface area (Å²) in [7, 11) is 0. The highest BCUT2D eigenvalue weighted by Gasteiger charge is 1.96. The molecule has 1 heterocycles. The zero-order chi connectivity index (χ0) is 8.10. The molecule has 0 saturated heterocycles. The van der Waals surface area contributed by atoms with Gasteiger partial charge in [-0.1, -0.05) is 12.6 Å². The molecule has 2 nitrogen and oxygen atoms in total. The third-order valence-electron chi connectivity index (χ3n) is 1.16. The van der Waals surface area contributed by atoms with Crippen LogP contribution in [-0.4, -0.2) is 6.61 Å². The quantitative estimate of drug-likeness (QED) is 0.698. The van der Waals surface area contributed by atoms with Gasteiger partial charge in [-0.3, -0.25) is 10.3 Å². The first-order chi connectivity index (χ1) is 5.34. The molecule has 0 atom stereocenters. The highest BCUT2D eigenvalue weighted by molar-refractivity contribution is 7.11. The normalized spacial score (nSPS) is 9.55. The van der Waals surface area contributed by atoms with E-state index in [1.807, 2.05) is 24.4 Å². The molecule has 0 bridgehead atoms. The van der Waals surface area contributed by atoms with Crippen LogP contribution >= 0.6 is 11.3 Å². The Bertz CT molecular complexity index is 218. The molecule has 0 fully saturated rings. The summed E-state index contributed by atoms with van der Waals surface area (Å²) >= 11 is 1.64. The van der Waals surface area contributed by atoms with Crippen LogP contribution in [0.5, 0.6) is 0 Å². The first-order valence-corrected chi connectivity index (χ1v) is 4.33. The maximum absolute atomic E-state index is 4.98. The van der Waals surface area contributed by atoms with Crippen LogP contribution in [0.15, 0.2) is 24.1 Å². The Hall–Kier alpha value is -0.800. The fraction of sp³-hybridized carbons (Fsp3) is 0.250. The average Bonchev–Trinajstić information content (AvgIpc) is 2.52. The molecule has 0 aliphatic rings. The lowest BCUT2D eigenvalue weighted by Gasteiger charge is -2.04. The van der Waals surface area contributed by atoms with Gasteiger partial charge >= 0.3 is 0 Å². The molecule has 1 aromatic rings. The highest BCUT2D eigenvalue weighted by atomic mass is 32.1. The number of hydrogen-bond donors (Lipinski definition) is 1. The van der Waals surface area contributed by atoms with E-state index in [4.69, 9.17) is 4.84 Å². The van der Waals surface area contributed by atoms with Crippen LogP contribution in [0.4, 0.5) is 0 Å². The van der Waals surface area contributed by atoms with Crippen molar-refractivity contribution in [2.24, 2.45) is 0 Å². The van der Waals surface area contributed by atoms with E-state index in [2.05, 4.69) is 12.1 Å². The predicted octanol–water partition coefficient (Wildman–Crippen LogP) is 2.26. The van der Waals surface area contributed by atoms with Gasteiger partial charge in [0.1, 0.15) is 0 Å². The molecule has 0 spiro atoms. The molecule has 1 rings (SSSR count). The van der Waals surface area contributed by atoms with Gasteiger partial charge in [-0.2, -0.15) is 0 Å². The van der Waals surface area contributed by atoms with E-state index < -0.39 is 0 Å². The van der Waals surface area contributed by atoms with E-state index in [0.717, 1.165) is 10.6 Å². The summed E-state index contributed by atoms with van der Waals surface area (Å²) in [6, 6.07) is 3.98. The lowest BCUT2D eigenvalue weighted by Crippen LogP contribution is -2.10. The Morgan fingerprint density at radius 1 is 1.82 bits per heavy atom. The fourth-order valence-corrected chi connectivity index (χ4v) is 1.30. The van der Waals surface area contributed by atoms with Gasteiger partial charge in [0.2, 0.25) is 0 Å². The molecule has 3 heteroatoms. The fourth-order valence-electron chi connectivity index (χ4n) is 0.660. The lowest BCUT2D eigenvalue weighted by atomic mass is 10.4. The molecule has 1 N–H and O–H groups in total. The maximum Gasteiger partial charge on any atom is 0.0717 e. The van der Waals surface area contributed by atoms with Gasteiger partial charge < -0.3 is 0 Å². The van der Waals surface area contributed by atoms with Crippen LogP contribution < -0.4 is 5.48 Å². The molecule has 0 saturated carbocycles. The predicted molar refractivity (Wildman–Crippen MR) is 48.1 cm³/mol. The average molecular weight is 169 g/mol. The first kappa shape index (κ1) is 8.30. The molecule has 0 unspecified atom stereocenters. The van der Waals surface area contributed by atoms with Crippen molar-refractivity contribution in [3.63, 3.8) is 0 Å². The second-order valence-electron chi connectivity index (χ2n) is 1.99. The van der Waals surface area contributed by atoms with E-state index in [1.54, 1.807) is 11.3 Å². The molecule has 11 heavy (non-hydrogen) atoms. The SMILES string of the molecule is C=C(NOCC)c1cccs1. The highest BCUT2D eigenvalue weighted by Crippen LogP contribution is 2.15. The summed E-state index contributed by atoms with van der Waals surface area (Å²) in [5.74, 6) is 0. The molecule has 0 amide bonds. The van der Waals surface area contributed by atoms with Gasteiger partial charge in [-0.15, -0.1) is 11.3 Å². The third kappa shape index (κ3) is 2.37. The van der Waals surface area contributed by atoms with Crippen LogP contribution in [0.1, 0.15) is 11.8 Å². The van der Waals surface area contributed by atoms with Crippen molar-refractivity contribution < 1.29 is 4.84 Å². The van der Waals surface area contributed by atoms with Crippen molar-refractivity contribution in [3.05, 3.63) is 29.0 Å². The molecule has 0 aliphatic heterocycles. The largest absolute Gasteiger partial charge is 0.276 e.